The summed E-state index contributed by atoms with van der Waals surface area (Å²) < 4.78 is 17.7. The van der Waals surface area contributed by atoms with Gasteiger partial charge in [-0.2, -0.15) is 0 Å². The highest BCUT2D eigenvalue weighted by Crippen LogP contribution is 2.31. The number of amides is 11. The second-order valence-corrected chi connectivity index (χ2v) is 27.6. The number of rotatable bonds is 40. The molecule has 96 heavy (non-hydrogen) atoms. The lowest BCUT2D eigenvalue weighted by Crippen LogP contribution is -2.62. The maximum absolute atomic E-state index is 14.7. The molecule has 534 valence electrons. The largest absolute Gasteiger partial charge is 0.445 e. The van der Waals surface area contributed by atoms with E-state index >= 15 is 0 Å². The van der Waals surface area contributed by atoms with E-state index in [9.17, 15) is 47.9 Å². The summed E-state index contributed by atoms with van der Waals surface area (Å²) in [5.41, 5.74) is 11.2. The molecule has 27 heteroatoms. The van der Waals surface area contributed by atoms with Gasteiger partial charge in [-0.25, -0.2) is 14.6 Å². The van der Waals surface area contributed by atoms with Gasteiger partial charge in [0.15, 0.2) is 0 Å². The molecule has 2 heterocycles. The first-order valence-electron chi connectivity index (χ1n) is 33.6. The first kappa shape index (κ1) is 80.7. The maximum Gasteiger partial charge on any atom is 0.408 e. The van der Waals surface area contributed by atoms with Gasteiger partial charge in [0.25, 0.3) is 0 Å². The number of ether oxygens (including phenoxy) is 3. The number of carbonyl (C=O) groups excluding carboxylic acids is 10. The Hall–Kier alpha value is -7.75. The quantitative estimate of drug-likeness (QED) is 0.0293. The second-order valence-electron chi connectivity index (χ2n) is 26.6. The molecule has 4 rings (SSSR count). The van der Waals surface area contributed by atoms with Crippen LogP contribution in [0.4, 0.5) is 15.3 Å². The number of nitrogens with one attached hydrogen (secondary N) is 8. The smallest absolute Gasteiger partial charge is 0.408 e. The maximum atomic E-state index is 14.7. The van der Waals surface area contributed by atoms with Gasteiger partial charge in [0.2, 0.25) is 47.3 Å². The minimum absolute atomic E-state index is 0.0512. The van der Waals surface area contributed by atoms with Gasteiger partial charge in [-0.15, -0.1) is 11.3 Å². The number of urea groups is 1. The van der Waals surface area contributed by atoms with Crippen molar-refractivity contribution in [1.82, 2.24) is 52.0 Å². The first-order valence-corrected chi connectivity index (χ1v) is 34.5. The van der Waals surface area contributed by atoms with Crippen molar-refractivity contribution in [2.75, 3.05) is 46.2 Å². The summed E-state index contributed by atoms with van der Waals surface area (Å²) in [6, 6.07) is 9.81. The molecule has 0 radical (unpaired) electrons. The van der Waals surface area contributed by atoms with E-state index < -0.39 is 113 Å². The number of thiazole rings is 1. The molecule has 0 bridgehead atoms. The summed E-state index contributed by atoms with van der Waals surface area (Å²) >= 11 is 1.47. The van der Waals surface area contributed by atoms with Gasteiger partial charge in [-0.3, -0.25) is 38.4 Å². The van der Waals surface area contributed by atoms with Crippen molar-refractivity contribution in [1.29, 1.82) is 0 Å². The molecule has 0 spiro atoms. The highest BCUT2D eigenvalue weighted by atomic mass is 32.1. The van der Waals surface area contributed by atoms with Gasteiger partial charge >= 0.3 is 12.1 Å². The number of aromatic nitrogens is 1. The number of primary amides is 1. The zero-order valence-corrected chi connectivity index (χ0v) is 59.6. The van der Waals surface area contributed by atoms with Crippen LogP contribution in [0.1, 0.15) is 163 Å². The topological polar surface area (TPSA) is 366 Å². The van der Waals surface area contributed by atoms with Crippen LogP contribution in [0.2, 0.25) is 0 Å². The highest BCUT2D eigenvalue weighted by molar-refractivity contribution is 7.09. The summed E-state index contributed by atoms with van der Waals surface area (Å²) in [7, 11) is 4.70. The van der Waals surface area contributed by atoms with Crippen molar-refractivity contribution in [2.24, 2.45) is 41.1 Å². The molecule has 11 atom stereocenters. The van der Waals surface area contributed by atoms with Gasteiger partial charge in [0.05, 0.1) is 42.7 Å². The number of unbranched alkanes of at least 4 members (excludes halogenated alkanes) is 1. The monoisotopic (exact) mass is 1360 g/mol. The number of nitrogens with two attached hydrogens (primary N) is 2. The first-order chi connectivity index (χ1) is 45.5. The Bertz CT molecular complexity index is 2970. The van der Waals surface area contributed by atoms with Crippen molar-refractivity contribution in [3.8, 4) is 0 Å². The molecule has 0 aliphatic carbocycles. The fourth-order valence-electron chi connectivity index (χ4n) is 11.8. The van der Waals surface area contributed by atoms with E-state index in [0.29, 0.717) is 69.3 Å². The number of carbonyl (C=O) groups is 10. The van der Waals surface area contributed by atoms with Crippen molar-refractivity contribution >= 4 is 76.4 Å². The Morgan fingerprint density at radius 1 is 0.750 bits per heavy atom. The minimum atomic E-state index is -1.59. The van der Waals surface area contributed by atoms with Crippen LogP contribution in [0, 0.1) is 29.6 Å². The van der Waals surface area contributed by atoms with Crippen LogP contribution in [-0.4, -0.2) is 169 Å². The summed E-state index contributed by atoms with van der Waals surface area (Å²) in [6.45, 7) is 20.2. The van der Waals surface area contributed by atoms with Crippen molar-refractivity contribution in [3.63, 3.8) is 0 Å². The molecule has 0 saturated carbocycles. The van der Waals surface area contributed by atoms with E-state index in [4.69, 9.17) is 25.7 Å². The number of anilines is 1. The zero-order valence-electron chi connectivity index (χ0n) is 58.8. The zero-order chi connectivity index (χ0) is 71.4. The molecule has 1 aliphatic rings. The number of hydrogen-bond acceptors (Lipinski definition) is 16. The summed E-state index contributed by atoms with van der Waals surface area (Å²) in [6.07, 6.45) is 3.79. The number of hydrogen-bond donors (Lipinski definition) is 10. The lowest BCUT2D eigenvalue weighted by molar-refractivity contribution is -0.148. The number of nitrogens with zero attached hydrogens (tertiary/aromatic N) is 3. The Kier molecular flexibility index (Phi) is 33.7. The predicted octanol–water partition coefficient (Wildman–Crippen LogP) is 5.98. The Morgan fingerprint density at radius 2 is 1.41 bits per heavy atom. The van der Waals surface area contributed by atoms with E-state index in [2.05, 4.69) is 47.5 Å². The normalized spacial score (nSPS) is 16.3. The number of alkyl carbamates (subject to hydrolysis) is 1. The van der Waals surface area contributed by atoms with Crippen molar-refractivity contribution < 1.29 is 62.2 Å². The van der Waals surface area contributed by atoms with Crippen LogP contribution in [-0.2, 0) is 65.6 Å². The van der Waals surface area contributed by atoms with Gasteiger partial charge in [0.1, 0.15) is 41.3 Å². The second kappa shape index (κ2) is 40.1. The van der Waals surface area contributed by atoms with Crippen LogP contribution in [0.5, 0.6) is 0 Å². The molecule has 0 unspecified atom stereocenters. The molecular formula is C69H109N13O13S. The molecule has 3 aromatic rings. The lowest BCUT2D eigenvalue weighted by Gasteiger charge is -2.41. The van der Waals surface area contributed by atoms with E-state index in [1.165, 1.54) is 32.3 Å². The van der Waals surface area contributed by atoms with Crippen LogP contribution in [0.25, 0.3) is 0 Å². The van der Waals surface area contributed by atoms with Crippen molar-refractivity contribution in [3.05, 3.63) is 82.3 Å². The molecule has 1 saturated heterocycles. The van der Waals surface area contributed by atoms with Crippen molar-refractivity contribution in [2.45, 2.75) is 213 Å². The Labute approximate surface area is 571 Å². The molecule has 1 aromatic heterocycles. The molecular weight excluding hydrogens is 1250 g/mol. The predicted molar refractivity (Wildman–Crippen MR) is 368 cm³/mol. The third-order valence-electron chi connectivity index (χ3n) is 17.4. The lowest BCUT2D eigenvalue weighted by atomic mass is 9.89. The van der Waals surface area contributed by atoms with Crippen LogP contribution >= 0.6 is 11.3 Å². The fourth-order valence-corrected chi connectivity index (χ4v) is 12.4. The SMILES string of the molecule is CC[C@H](C)[C@@H]([C@@H](CC(=O)N1CCC[C@H]1[C@H](OC)[C@@H](C)C(=O)N[C@@H](Cc1ccccc1)c1nccs1)OC)N(C)C(=O)[C@@H](NC(=O)C(C)(C)NC(=O)OCc1ccc(NC(=O)[C@H](CCCNC(N)=O)NC(=O)[C@@H](NC(=O)[C@H](CCCCN)NC(=O)CC(C)C)C(C)C)cc1)C(C)C. The van der Waals surface area contributed by atoms with Crippen LogP contribution in [0.15, 0.2) is 66.2 Å². The van der Waals surface area contributed by atoms with Gasteiger partial charge < -0.3 is 78.0 Å². The van der Waals surface area contributed by atoms with E-state index in [1.807, 2.05) is 70.3 Å². The third-order valence-corrected chi connectivity index (χ3v) is 18.3. The Morgan fingerprint density at radius 3 is 1.99 bits per heavy atom. The average Bonchev–Trinajstić information content (AvgIpc) is 1.37. The number of benzene rings is 2. The van der Waals surface area contributed by atoms with E-state index in [1.54, 1.807) is 82.1 Å². The summed E-state index contributed by atoms with van der Waals surface area (Å²) in [4.78, 5) is 144. The van der Waals surface area contributed by atoms with Gasteiger partial charge in [0, 0.05) is 58.0 Å². The summed E-state index contributed by atoms with van der Waals surface area (Å²) in [5.74, 6) is -5.26. The standard InChI is InChI=1S/C69H109N13O13S/c1-15-44(8)58(53(93-13)39-55(84)82-35-22-27-52(82)59(94-14)45(9)60(85)77-51(64-72-34-36-96-64)38-46-23-17-16-18-24-46)81(12)65(89)57(43(6)7)79-66(90)69(10,11)80-68(92)95-40-47-28-30-48(31-29-47)74-61(86)50(26-21-33-73-67(71)91)76-63(88)56(42(4)5)78-62(87)49(25-19-20-32-70)75-54(83)37-41(2)3/h16-18,23-24,28-31,34,36,41-45,49-53,56-59H,15,19-22,25-27,32-33,35,37-40,70H2,1-14H3,(H,74,86)(H,75,83)(H,76,88)(H,77,85)(H,78,87)(H,79,90)(H,80,92)(H3,71,73,91)/t44-,45+,49-,50-,51-,52-,53+,56-,57-,58-,59+/m0/s1. The molecule has 11 amide bonds. The molecule has 1 aliphatic heterocycles. The van der Waals surface area contributed by atoms with Gasteiger partial charge in [-0.05, 0) is 119 Å². The third kappa shape index (κ3) is 25.3. The number of methoxy groups -OCH3 is 2. The number of likely N-dealkylation sites (tertiary alicyclic amines) is 1. The molecule has 2 aromatic carbocycles. The van der Waals surface area contributed by atoms with Crippen LogP contribution < -0.4 is 54.0 Å². The minimum Gasteiger partial charge on any atom is -0.445 e. The van der Waals surface area contributed by atoms with Gasteiger partial charge in [-0.1, -0.05) is 111 Å². The summed E-state index contributed by atoms with van der Waals surface area (Å²) in [5, 5.41) is 24.9. The molecule has 26 nitrogen and oxygen atoms in total. The van der Waals surface area contributed by atoms with Crippen LogP contribution in [0.3, 0.4) is 0 Å². The van der Waals surface area contributed by atoms with E-state index in [-0.39, 0.29) is 74.4 Å². The highest BCUT2D eigenvalue weighted by Gasteiger charge is 2.44. The van der Waals surface area contributed by atoms with E-state index in [0.717, 1.165) is 10.6 Å². The fraction of sp³-hybridized carbons (Fsp3) is 0.638. The molecule has 1 fully saturated rings. The number of likely N-dealkylation sites (N-methyl/N-ethyl adjacent to an activating group) is 1. The Balaban J connectivity index is 1.38. The molecule has 12 N–H and O–H groups in total. The average molecular weight is 1360 g/mol.